The molecule has 1 aliphatic carbocycles. The summed E-state index contributed by atoms with van der Waals surface area (Å²) in [5, 5.41) is 3.67. The third kappa shape index (κ3) is 4.86. The zero-order valence-electron chi connectivity index (χ0n) is 16.0. The molecular formula is C23H21ClN2O2S. The van der Waals surface area contributed by atoms with Gasteiger partial charge >= 0.3 is 0 Å². The average Bonchev–Trinajstić information content (AvgIpc) is 3.40. The Hall–Kier alpha value is -2.63. The van der Waals surface area contributed by atoms with Crippen molar-refractivity contribution in [2.45, 2.75) is 25.4 Å². The number of carbonyl (C=O) groups is 2. The van der Waals surface area contributed by atoms with Crippen molar-refractivity contribution in [2.75, 3.05) is 7.05 Å². The van der Waals surface area contributed by atoms with Gasteiger partial charge in [0.1, 0.15) is 0 Å². The fraction of sp³-hybridized carbons (Fsp3) is 0.217. The van der Waals surface area contributed by atoms with E-state index in [2.05, 4.69) is 5.32 Å². The summed E-state index contributed by atoms with van der Waals surface area (Å²) in [6.07, 6.45) is 2.14. The van der Waals surface area contributed by atoms with Crippen molar-refractivity contribution >= 4 is 34.8 Å². The maximum absolute atomic E-state index is 12.8. The molecular weight excluding hydrogens is 404 g/mol. The van der Waals surface area contributed by atoms with Crippen LogP contribution in [0.1, 0.15) is 38.4 Å². The standard InChI is InChI=1S/C23H21ClN2O2S/c1-26(14-15-2-4-17(5-3-15)22(27)25-19-10-11-19)23(28)21-13-12-20(29-21)16-6-8-18(24)9-7-16/h2-9,12-13,19H,10-11,14H2,1H3,(H,25,27). The first kappa shape index (κ1) is 19.7. The highest BCUT2D eigenvalue weighted by Crippen LogP contribution is 2.29. The van der Waals surface area contributed by atoms with Crippen LogP contribution in [-0.2, 0) is 6.54 Å². The van der Waals surface area contributed by atoms with E-state index in [0.29, 0.717) is 28.0 Å². The van der Waals surface area contributed by atoms with Crippen LogP contribution in [0.25, 0.3) is 10.4 Å². The van der Waals surface area contributed by atoms with Crippen LogP contribution in [0, 0.1) is 0 Å². The van der Waals surface area contributed by atoms with Crippen LogP contribution in [0.2, 0.25) is 5.02 Å². The highest BCUT2D eigenvalue weighted by atomic mass is 35.5. The van der Waals surface area contributed by atoms with Crippen LogP contribution >= 0.6 is 22.9 Å². The summed E-state index contributed by atoms with van der Waals surface area (Å²) in [4.78, 5) is 28.3. The molecule has 6 heteroatoms. The van der Waals surface area contributed by atoms with Crippen LogP contribution < -0.4 is 5.32 Å². The third-order valence-electron chi connectivity index (χ3n) is 4.84. The molecule has 0 saturated heterocycles. The minimum absolute atomic E-state index is 0.0224. The number of nitrogens with one attached hydrogen (secondary N) is 1. The number of rotatable bonds is 6. The molecule has 0 radical (unpaired) electrons. The SMILES string of the molecule is CN(Cc1ccc(C(=O)NC2CC2)cc1)C(=O)c1ccc(-c2ccc(Cl)cc2)s1. The van der Waals surface area contributed by atoms with Crippen molar-refractivity contribution in [1.29, 1.82) is 0 Å². The van der Waals surface area contributed by atoms with Crippen molar-refractivity contribution < 1.29 is 9.59 Å². The van der Waals surface area contributed by atoms with Crippen LogP contribution in [0.3, 0.4) is 0 Å². The molecule has 1 N–H and O–H groups in total. The van der Waals surface area contributed by atoms with E-state index in [0.717, 1.165) is 28.8 Å². The molecule has 2 aromatic carbocycles. The number of amides is 2. The van der Waals surface area contributed by atoms with E-state index in [4.69, 9.17) is 11.6 Å². The Labute approximate surface area is 179 Å². The van der Waals surface area contributed by atoms with Crippen LogP contribution in [0.15, 0.2) is 60.7 Å². The molecule has 0 unspecified atom stereocenters. The number of hydrogen-bond donors (Lipinski definition) is 1. The molecule has 2 amide bonds. The molecule has 148 valence electrons. The molecule has 0 atom stereocenters. The molecule has 1 saturated carbocycles. The van der Waals surface area contributed by atoms with Gasteiger partial charge in [-0.25, -0.2) is 0 Å². The van der Waals surface area contributed by atoms with E-state index in [1.54, 1.807) is 11.9 Å². The second kappa shape index (κ2) is 8.39. The van der Waals surface area contributed by atoms with E-state index in [1.165, 1.54) is 11.3 Å². The Kier molecular flexibility index (Phi) is 5.69. The van der Waals surface area contributed by atoms with Gasteiger partial charge in [0.25, 0.3) is 11.8 Å². The average molecular weight is 425 g/mol. The van der Waals surface area contributed by atoms with Crippen LogP contribution in [-0.4, -0.2) is 29.8 Å². The molecule has 0 aliphatic heterocycles. The number of halogens is 1. The number of carbonyl (C=O) groups excluding carboxylic acids is 2. The van der Waals surface area contributed by atoms with E-state index >= 15 is 0 Å². The Morgan fingerprint density at radius 1 is 1.03 bits per heavy atom. The molecule has 1 heterocycles. The van der Waals surface area contributed by atoms with Gasteiger partial charge in [-0.1, -0.05) is 35.9 Å². The number of thiophene rings is 1. The van der Waals surface area contributed by atoms with Crippen molar-refractivity contribution in [3.63, 3.8) is 0 Å². The smallest absolute Gasteiger partial charge is 0.263 e. The predicted molar refractivity (Wildman–Crippen MR) is 117 cm³/mol. The van der Waals surface area contributed by atoms with Gasteiger partial charge in [0, 0.05) is 35.1 Å². The lowest BCUT2D eigenvalue weighted by Gasteiger charge is -2.16. The van der Waals surface area contributed by atoms with Crippen LogP contribution in [0.5, 0.6) is 0 Å². The third-order valence-corrected chi connectivity index (χ3v) is 6.21. The molecule has 0 spiro atoms. The van der Waals surface area contributed by atoms with Crippen molar-refractivity contribution in [3.05, 3.63) is 81.7 Å². The fourth-order valence-corrected chi connectivity index (χ4v) is 4.15. The van der Waals surface area contributed by atoms with Gasteiger partial charge in [0.15, 0.2) is 0 Å². The van der Waals surface area contributed by atoms with Gasteiger partial charge in [0.05, 0.1) is 4.88 Å². The number of benzene rings is 2. The van der Waals surface area contributed by atoms with Gasteiger partial charge in [-0.3, -0.25) is 9.59 Å². The summed E-state index contributed by atoms with van der Waals surface area (Å²) in [6, 6.07) is 19.2. The van der Waals surface area contributed by atoms with E-state index < -0.39 is 0 Å². The highest BCUT2D eigenvalue weighted by Gasteiger charge is 2.23. The van der Waals surface area contributed by atoms with Gasteiger partial charge < -0.3 is 10.2 Å². The molecule has 4 nitrogen and oxygen atoms in total. The molecule has 0 bridgehead atoms. The minimum atomic E-state index is -0.0307. The Morgan fingerprint density at radius 2 is 1.72 bits per heavy atom. The Balaban J connectivity index is 1.39. The topological polar surface area (TPSA) is 49.4 Å². The van der Waals surface area contributed by atoms with Crippen LogP contribution in [0.4, 0.5) is 0 Å². The Bertz CT molecular complexity index is 1020. The maximum Gasteiger partial charge on any atom is 0.263 e. The van der Waals surface area contributed by atoms with Crippen molar-refractivity contribution in [1.82, 2.24) is 10.2 Å². The molecule has 4 rings (SSSR count). The minimum Gasteiger partial charge on any atom is -0.349 e. The first-order valence-electron chi connectivity index (χ1n) is 9.50. The largest absolute Gasteiger partial charge is 0.349 e. The fourth-order valence-electron chi connectivity index (χ4n) is 3.01. The quantitative estimate of drug-likeness (QED) is 0.588. The van der Waals surface area contributed by atoms with Gasteiger partial charge in [-0.2, -0.15) is 0 Å². The lowest BCUT2D eigenvalue weighted by molar-refractivity contribution is 0.0789. The second-order valence-corrected chi connectivity index (χ2v) is 8.80. The molecule has 1 fully saturated rings. The normalized spacial score (nSPS) is 13.2. The van der Waals surface area contributed by atoms with E-state index in [-0.39, 0.29) is 11.8 Å². The first-order valence-corrected chi connectivity index (χ1v) is 10.7. The van der Waals surface area contributed by atoms with E-state index in [9.17, 15) is 9.59 Å². The zero-order chi connectivity index (χ0) is 20.4. The number of nitrogens with zero attached hydrogens (tertiary/aromatic N) is 1. The summed E-state index contributed by atoms with van der Waals surface area (Å²) in [5.74, 6) is -0.0532. The monoisotopic (exact) mass is 424 g/mol. The van der Waals surface area contributed by atoms with Gasteiger partial charge in [0.2, 0.25) is 0 Å². The van der Waals surface area contributed by atoms with Gasteiger partial charge in [-0.05, 0) is 60.4 Å². The van der Waals surface area contributed by atoms with Crippen molar-refractivity contribution in [3.8, 4) is 10.4 Å². The highest BCUT2D eigenvalue weighted by molar-refractivity contribution is 7.17. The van der Waals surface area contributed by atoms with Gasteiger partial charge in [-0.15, -0.1) is 11.3 Å². The molecule has 3 aromatic rings. The summed E-state index contributed by atoms with van der Waals surface area (Å²) in [7, 11) is 1.79. The van der Waals surface area contributed by atoms with E-state index in [1.807, 2.05) is 60.7 Å². The zero-order valence-corrected chi connectivity index (χ0v) is 17.6. The lowest BCUT2D eigenvalue weighted by atomic mass is 10.1. The first-order chi connectivity index (χ1) is 14.0. The summed E-state index contributed by atoms with van der Waals surface area (Å²) >= 11 is 7.42. The molecule has 29 heavy (non-hydrogen) atoms. The molecule has 1 aromatic heterocycles. The number of hydrogen-bond acceptors (Lipinski definition) is 3. The summed E-state index contributed by atoms with van der Waals surface area (Å²) in [6.45, 7) is 0.484. The second-order valence-electron chi connectivity index (χ2n) is 7.28. The van der Waals surface area contributed by atoms with Crippen molar-refractivity contribution in [2.24, 2.45) is 0 Å². The maximum atomic E-state index is 12.8. The summed E-state index contributed by atoms with van der Waals surface area (Å²) in [5.41, 5.74) is 2.68. The summed E-state index contributed by atoms with van der Waals surface area (Å²) < 4.78 is 0. The predicted octanol–water partition coefficient (Wildman–Crippen LogP) is 5.23. The molecule has 1 aliphatic rings. The Morgan fingerprint density at radius 3 is 2.38 bits per heavy atom. The lowest BCUT2D eigenvalue weighted by Crippen LogP contribution is -2.26.